The lowest BCUT2D eigenvalue weighted by Gasteiger charge is -2.27. The summed E-state index contributed by atoms with van der Waals surface area (Å²) in [5.41, 5.74) is 33.7. The molecule has 0 atom stereocenters. The Bertz CT molecular complexity index is 7130. The molecule has 0 aliphatic heterocycles. The van der Waals surface area contributed by atoms with Crippen LogP contribution in [-0.4, -0.2) is 0 Å². The lowest BCUT2D eigenvalue weighted by molar-refractivity contribution is 1.28. The van der Waals surface area contributed by atoms with Crippen molar-refractivity contribution in [3.8, 4) is 66.8 Å². The van der Waals surface area contributed by atoms with Gasteiger partial charge in [0.05, 0.1) is 17.1 Å². The van der Waals surface area contributed by atoms with Crippen molar-refractivity contribution in [2.45, 2.75) is 0 Å². The predicted octanol–water partition coefficient (Wildman–Crippen LogP) is 37.7. The maximum atomic E-state index is 2.37. The molecule has 0 amide bonds. The normalized spacial score (nSPS) is 11.0. The molecule has 23 aromatic carbocycles. The number of para-hydroxylation sites is 9. The van der Waals surface area contributed by atoms with Gasteiger partial charge >= 0.3 is 0 Å². The maximum absolute atomic E-state index is 2.37. The van der Waals surface area contributed by atoms with E-state index in [-0.39, 0.29) is 0 Å². The van der Waals surface area contributed by atoms with Gasteiger partial charge in [0, 0.05) is 101 Å². The molecule has 0 fully saturated rings. The quantitative estimate of drug-likeness (QED) is 0.0596. The Balaban J connectivity index is 0.000000162. The molecule has 0 saturated heterocycles. The van der Waals surface area contributed by atoms with Crippen LogP contribution in [0.5, 0.6) is 0 Å². The number of benzene rings is 23. The van der Waals surface area contributed by atoms with Crippen LogP contribution in [0.1, 0.15) is 0 Å². The Kier molecular flexibility index (Phi) is 24.4. The van der Waals surface area contributed by atoms with Crippen molar-refractivity contribution in [1.29, 1.82) is 0 Å². The molecular formula is C132H96N6. The Labute approximate surface area is 807 Å². The van der Waals surface area contributed by atoms with Gasteiger partial charge in [-0.2, -0.15) is 0 Å². The minimum absolute atomic E-state index is 1.09. The number of rotatable bonds is 24. The molecule has 0 bridgehead atoms. The van der Waals surface area contributed by atoms with Gasteiger partial charge in [0.1, 0.15) is 0 Å². The van der Waals surface area contributed by atoms with E-state index in [1.165, 1.54) is 32.3 Å². The Morgan fingerprint density at radius 1 is 0.0870 bits per heavy atom. The van der Waals surface area contributed by atoms with Gasteiger partial charge in [0.25, 0.3) is 0 Å². The minimum Gasteiger partial charge on any atom is -0.311 e. The highest BCUT2D eigenvalue weighted by molar-refractivity contribution is 6.03. The summed E-state index contributed by atoms with van der Waals surface area (Å²) in [7, 11) is 0. The molecule has 0 unspecified atom stereocenters. The summed E-state index contributed by atoms with van der Waals surface area (Å²) in [4.78, 5) is 14.0. The van der Waals surface area contributed by atoms with Crippen LogP contribution < -0.4 is 29.4 Å². The highest BCUT2D eigenvalue weighted by Gasteiger charge is 2.24. The van der Waals surface area contributed by atoms with E-state index in [1.807, 2.05) is 0 Å². The van der Waals surface area contributed by atoms with Gasteiger partial charge in [-0.05, 0) is 320 Å². The average molecular weight is 1770 g/mol. The minimum atomic E-state index is 1.09. The monoisotopic (exact) mass is 1760 g/mol. The fraction of sp³-hybridized carbons (Fsp3) is 0. The van der Waals surface area contributed by atoms with Crippen molar-refractivity contribution in [3.05, 3.63) is 582 Å². The summed E-state index contributed by atoms with van der Waals surface area (Å²) < 4.78 is 0. The molecule has 23 rings (SSSR count). The van der Waals surface area contributed by atoms with Crippen LogP contribution in [0.2, 0.25) is 0 Å². The van der Waals surface area contributed by atoms with Crippen LogP contribution in [0.3, 0.4) is 0 Å². The summed E-state index contributed by atoms with van der Waals surface area (Å²) in [6.45, 7) is 0. The first-order chi connectivity index (χ1) is 68.4. The Hall–Kier alpha value is -18.4. The fourth-order valence-electron chi connectivity index (χ4n) is 19.1. The third-order valence-electron chi connectivity index (χ3n) is 25.8. The topological polar surface area (TPSA) is 19.4 Å². The first kappa shape index (κ1) is 85.1. The van der Waals surface area contributed by atoms with Crippen LogP contribution in [0, 0.1) is 0 Å². The van der Waals surface area contributed by atoms with Crippen molar-refractivity contribution < 1.29 is 0 Å². The van der Waals surface area contributed by atoms with E-state index in [1.54, 1.807) is 0 Å². The number of anilines is 18. The molecular weight excluding hydrogens is 1670 g/mol. The van der Waals surface area contributed by atoms with Crippen LogP contribution >= 0.6 is 0 Å². The zero-order valence-electron chi connectivity index (χ0n) is 76.1. The molecule has 0 N–H and O–H groups in total. The van der Waals surface area contributed by atoms with E-state index in [0.717, 1.165) is 169 Å². The fourth-order valence-corrected chi connectivity index (χ4v) is 19.1. The summed E-state index contributed by atoms with van der Waals surface area (Å²) >= 11 is 0. The first-order valence-electron chi connectivity index (χ1n) is 47.1. The molecule has 6 nitrogen and oxygen atoms in total. The van der Waals surface area contributed by atoms with Crippen molar-refractivity contribution in [1.82, 2.24) is 0 Å². The van der Waals surface area contributed by atoms with Crippen molar-refractivity contribution in [3.63, 3.8) is 0 Å². The molecule has 138 heavy (non-hydrogen) atoms. The second-order valence-corrected chi connectivity index (χ2v) is 34.4. The largest absolute Gasteiger partial charge is 0.311 e. The number of hydrogen-bond acceptors (Lipinski definition) is 6. The summed E-state index contributed by atoms with van der Waals surface area (Å²) in [6, 6.07) is 209. The van der Waals surface area contributed by atoms with Crippen LogP contribution in [0.4, 0.5) is 102 Å². The predicted molar refractivity (Wildman–Crippen MR) is 586 cm³/mol. The standard InChI is InChI=1S/C72H51N3.C60H45N3/c1-4-25-61(26-5-1)73(70-34-16-22-55-19-10-13-31-67(55)70)64-43-37-52(38-44-64)58-49-59(53-39-45-65(46-40-53)74(62-27-6-2-7-28-62)71-35-17-23-56-20-11-14-32-68(56)71)51-60(50-58)54-41-47-66(48-42-54)75(63-29-8-3-9-30-63)72-36-18-24-57-21-12-15-33-69(57)72;1-7-19-52(20-8-1)61(53-21-9-2-10-22-53)58-37-31-46(32-38-58)49-43-50(47-33-39-59(40-34-47)62(54-23-11-3-12-24-54)55-25-13-4-14-26-55)45-51(44-49)48-35-41-60(42-36-48)63(56-27-15-5-16-28-56)57-29-17-6-18-30-57/h1-51H;1-45H. The van der Waals surface area contributed by atoms with Crippen LogP contribution in [-0.2, 0) is 0 Å². The van der Waals surface area contributed by atoms with Gasteiger partial charge in [-0.3, -0.25) is 0 Å². The molecule has 654 valence electrons. The van der Waals surface area contributed by atoms with Crippen molar-refractivity contribution in [2.75, 3.05) is 29.4 Å². The molecule has 23 aromatic rings. The second kappa shape index (κ2) is 39.6. The number of nitrogens with zero attached hydrogens (tertiary/aromatic N) is 6. The smallest absolute Gasteiger partial charge is 0.0540 e. The first-order valence-corrected chi connectivity index (χ1v) is 47.1. The van der Waals surface area contributed by atoms with Crippen molar-refractivity contribution in [2.24, 2.45) is 0 Å². The molecule has 0 radical (unpaired) electrons. The van der Waals surface area contributed by atoms with Gasteiger partial charge < -0.3 is 29.4 Å². The third-order valence-corrected chi connectivity index (χ3v) is 25.8. The molecule has 0 aliphatic rings. The summed E-state index contributed by atoms with van der Waals surface area (Å²) in [5, 5.41) is 7.24. The van der Waals surface area contributed by atoms with Gasteiger partial charge in [0.15, 0.2) is 0 Å². The van der Waals surface area contributed by atoms with E-state index in [0.29, 0.717) is 0 Å². The maximum Gasteiger partial charge on any atom is 0.0540 e. The molecule has 0 saturated carbocycles. The lowest BCUT2D eigenvalue weighted by atomic mass is 9.93. The second-order valence-electron chi connectivity index (χ2n) is 34.4. The van der Waals surface area contributed by atoms with Gasteiger partial charge in [-0.15, -0.1) is 0 Å². The molecule has 0 aliphatic carbocycles. The van der Waals surface area contributed by atoms with E-state index in [9.17, 15) is 0 Å². The SMILES string of the molecule is c1ccc(N(c2ccc(-c3cc(-c4ccc(N(c5ccccc5)c5cccc6ccccc56)cc4)cc(-c4ccc(N(c5ccccc5)c5cccc6ccccc56)cc4)c3)cc2)c2cccc3ccccc23)cc1.c1ccc(N(c2ccccc2)c2ccc(-c3cc(-c4ccc(N(c5ccccc5)c5ccccc5)cc4)cc(-c4ccc(N(c5ccccc5)c5ccccc5)cc4)c3)cc2)cc1. The summed E-state index contributed by atoms with van der Waals surface area (Å²) in [6.07, 6.45) is 0. The van der Waals surface area contributed by atoms with Crippen LogP contribution in [0.25, 0.3) is 99.1 Å². The third kappa shape index (κ3) is 18.2. The van der Waals surface area contributed by atoms with E-state index in [2.05, 4.69) is 612 Å². The van der Waals surface area contributed by atoms with Gasteiger partial charge in [-0.25, -0.2) is 0 Å². The summed E-state index contributed by atoms with van der Waals surface area (Å²) in [5.74, 6) is 0. The zero-order chi connectivity index (χ0) is 92.1. The Morgan fingerprint density at radius 3 is 0.391 bits per heavy atom. The zero-order valence-corrected chi connectivity index (χ0v) is 76.1. The molecule has 0 heterocycles. The highest BCUT2D eigenvalue weighted by atomic mass is 15.2. The van der Waals surface area contributed by atoms with Gasteiger partial charge in [0.2, 0.25) is 0 Å². The van der Waals surface area contributed by atoms with Gasteiger partial charge in [-0.1, -0.05) is 346 Å². The molecule has 6 heteroatoms. The average Bonchev–Trinajstić information content (AvgIpc) is 0.774. The number of hydrogen-bond donors (Lipinski definition) is 0. The van der Waals surface area contributed by atoms with E-state index < -0.39 is 0 Å². The van der Waals surface area contributed by atoms with Crippen molar-refractivity contribution >= 4 is 135 Å². The Morgan fingerprint density at radius 2 is 0.217 bits per heavy atom. The molecule has 0 spiro atoms. The van der Waals surface area contributed by atoms with Crippen LogP contribution in [0.15, 0.2) is 582 Å². The molecule has 0 aromatic heterocycles. The highest BCUT2D eigenvalue weighted by Crippen LogP contribution is 2.48. The van der Waals surface area contributed by atoms with E-state index >= 15 is 0 Å². The number of fused-ring (bicyclic) bond motifs is 3. The lowest BCUT2D eigenvalue weighted by Crippen LogP contribution is -2.10. The van der Waals surface area contributed by atoms with E-state index in [4.69, 9.17) is 0 Å².